The maximum atomic E-state index is 13.2. The molecule has 5 nitrogen and oxygen atoms in total. The Bertz CT molecular complexity index is 926. The van der Waals surface area contributed by atoms with Gasteiger partial charge in [0.15, 0.2) is 0 Å². The van der Waals surface area contributed by atoms with Crippen LogP contribution in [-0.2, 0) is 14.8 Å². The Labute approximate surface area is 156 Å². The highest BCUT2D eigenvalue weighted by Gasteiger charge is 2.37. The Morgan fingerprint density at radius 3 is 2.36 bits per heavy atom. The van der Waals surface area contributed by atoms with E-state index in [2.05, 4.69) is 15.9 Å². The summed E-state index contributed by atoms with van der Waals surface area (Å²) in [5.74, 6) is -0.108. The third kappa shape index (κ3) is 3.18. The third-order valence-electron chi connectivity index (χ3n) is 4.28. The van der Waals surface area contributed by atoms with E-state index in [1.165, 1.54) is 11.2 Å². The number of benzene rings is 2. The normalized spacial score (nSPS) is 17.4. The molecule has 0 aliphatic carbocycles. The molecular weight excluding hydrogens is 404 g/mol. The average Bonchev–Trinajstić information content (AvgIpc) is 2.54. The van der Waals surface area contributed by atoms with Gasteiger partial charge in [0.05, 0.1) is 28.9 Å². The quantitative estimate of drug-likeness (QED) is 0.740. The topological polar surface area (TPSA) is 57.7 Å². The van der Waals surface area contributed by atoms with Gasteiger partial charge in [-0.2, -0.15) is 0 Å². The molecule has 3 rings (SSSR count). The summed E-state index contributed by atoms with van der Waals surface area (Å²) in [5.41, 5.74) is 2.10. The molecule has 1 aliphatic heterocycles. The Hall–Kier alpha value is -1.86. The molecule has 0 unspecified atom stereocenters. The number of aryl methyl sites for hydroxylation is 1. The second-order valence-electron chi connectivity index (χ2n) is 6.22. The van der Waals surface area contributed by atoms with Crippen molar-refractivity contribution in [2.45, 2.75) is 31.7 Å². The lowest BCUT2D eigenvalue weighted by Gasteiger charge is -2.41. The predicted molar refractivity (Wildman–Crippen MR) is 102 cm³/mol. The van der Waals surface area contributed by atoms with Crippen LogP contribution in [0.25, 0.3) is 0 Å². The molecule has 1 amide bonds. The van der Waals surface area contributed by atoms with Gasteiger partial charge in [0, 0.05) is 11.4 Å². The van der Waals surface area contributed by atoms with E-state index in [0.717, 1.165) is 10.0 Å². The Kier molecular flexibility index (Phi) is 4.64. The summed E-state index contributed by atoms with van der Waals surface area (Å²) in [4.78, 5) is 14.0. The number of hydrogen-bond donors (Lipinski definition) is 0. The smallest absolute Gasteiger partial charge is 0.264 e. The van der Waals surface area contributed by atoms with Gasteiger partial charge in [-0.15, -0.1) is 0 Å². The van der Waals surface area contributed by atoms with Crippen molar-refractivity contribution in [2.75, 3.05) is 15.7 Å². The van der Waals surface area contributed by atoms with Gasteiger partial charge in [0.2, 0.25) is 5.91 Å². The highest BCUT2D eigenvalue weighted by molar-refractivity contribution is 9.10. The average molecular weight is 423 g/mol. The zero-order chi connectivity index (χ0) is 18.4. The minimum Gasteiger partial charge on any atom is -0.306 e. The SMILES string of the molecule is CC(=O)N1c2ccc(Br)cc2N(S(=O)(=O)c2ccc(C)cc2)C[C@@H]1C. The van der Waals surface area contributed by atoms with Gasteiger partial charge >= 0.3 is 0 Å². The predicted octanol–water partition coefficient (Wildman–Crippen LogP) is 3.71. The van der Waals surface area contributed by atoms with Crippen LogP contribution in [0.4, 0.5) is 11.4 Å². The van der Waals surface area contributed by atoms with E-state index in [1.807, 2.05) is 19.9 Å². The van der Waals surface area contributed by atoms with Gasteiger partial charge in [-0.3, -0.25) is 9.10 Å². The van der Waals surface area contributed by atoms with Crippen LogP contribution < -0.4 is 9.21 Å². The largest absolute Gasteiger partial charge is 0.306 e. The molecule has 0 aromatic heterocycles. The van der Waals surface area contributed by atoms with E-state index < -0.39 is 10.0 Å². The molecule has 0 saturated heterocycles. The van der Waals surface area contributed by atoms with Crippen molar-refractivity contribution in [3.8, 4) is 0 Å². The maximum Gasteiger partial charge on any atom is 0.264 e. The molecule has 0 fully saturated rings. The first kappa shape index (κ1) is 17.9. The van der Waals surface area contributed by atoms with Crippen LogP contribution in [0.1, 0.15) is 19.4 Å². The number of nitrogens with zero attached hydrogens (tertiary/aromatic N) is 2. The molecule has 2 aromatic carbocycles. The van der Waals surface area contributed by atoms with Crippen LogP contribution in [0.5, 0.6) is 0 Å². The highest BCUT2D eigenvalue weighted by Crippen LogP contribution is 2.40. The molecule has 132 valence electrons. The van der Waals surface area contributed by atoms with Gasteiger partial charge in [-0.05, 0) is 44.2 Å². The zero-order valence-corrected chi connectivity index (χ0v) is 16.6. The maximum absolute atomic E-state index is 13.2. The van der Waals surface area contributed by atoms with Crippen LogP contribution in [-0.4, -0.2) is 26.9 Å². The van der Waals surface area contributed by atoms with Crippen molar-refractivity contribution in [1.82, 2.24) is 0 Å². The first-order chi connectivity index (χ1) is 11.7. The number of fused-ring (bicyclic) bond motifs is 1. The van der Waals surface area contributed by atoms with E-state index >= 15 is 0 Å². The van der Waals surface area contributed by atoms with Gasteiger partial charge in [0.1, 0.15) is 0 Å². The molecule has 0 spiro atoms. The van der Waals surface area contributed by atoms with E-state index in [-0.39, 0.29) is 23.4 Å². The second-order valence-corrected chi connectivity index (χ2v) is 9.00. The van der Waals surface area contributed by atoms with Gasteiger partial charge in [0.25, 0.3) is 10.0 Å². The van der Waals surface area contributed by atoms with Gasteiger partial charge < -0.3 is 4.90 Å². The Morgan fingerprint density at radius 2 is 1.76 bits per heavy atom. The number of halogens is 1. The van der Waals surface area contributed by atoms with E-state index in [9.17, 15) is 13.2 Å². The first-order valence-corrected chi connectivity index (χ1v) is 10.1. The lowest BCUT2D eigenvalue weighted by Crippen LogP contribution is -2.51. The molecule has 1 atom stereocenters. The Balaban J connectivity index is 2.17. The van der Waals surface area contributed by atoms with E-state index in [1.54, 1.807) is 41.3 Å². The molecule has 0 N–H and O–H groups in total. The number of carbonyl (C=O) groups excluding carboxylic acids is 1. The lowest BCUT2D eigenvalue weighted by molar-refractivity contribution is -0.117. The zero-order valence-electron chi connectivity index (χ0n) is 14.2. The van der Waals surface area contributed by atoms with Crippen molar-refractivity contribution in [3.63, 3.8) is 0 Å². The van der Waals surface area contributed by atoms with Crippen LogP contribution in [0.15, 0.2) is 51.8 Å². The van der Waals surface area contributed by atoms with Gasteiger partial charge in [-0.1, -0.05) is 33.6 Å². The summed E-state index contributed by atoms with van der Waals surface area (Å²) in [7, 11) is -3.72. The molecule has 0 saturated carbocycles. The minimum atomic E-state index is -3.72. The van der Waals surface area contributed by atoms with Crippen LogP contribution in [0.3, 0.4) is 0 Å². The monoisotopic (exact) mass is 422 g/mol. The molecular formula is C18H19BrN2O3S. The van der Waals surface area contributed by atoms with Crippen molar-refractivity contribution < 1.29 is 13.2 Å². The van der Waals surface area contributed by atoms with Crippen molar-refractivity contribution in [1.29, 1.82) is 0 Å². The fraction of sp³-hybridized carbons (Fsp3) is 0.278. The Morgan fingerprint density at radius 1 is 1.12 bits per heavy atom. The number of carbonyl (C=O) groups is 1. The number of rotatable bonds is 2. The van der Waals surface area contributed by atoms with Crippen molar-refractivity contribution in [2.24, 2.45) is 0 Å². The van der Waals surface area contributed by atoms with Crippen LogP contribution in [0, 0.1) is 6.92 Å². The van der Waals surface area contributed by atoms with Crippen LogP contribution >= 0.6 is 15.9 Å². The molecule has 1 heterocycles. The summed E-state index contributed by atoms with van der Waals surface area (Å²) < 4.78 is 28.6. The summed E-state index contributed by atoms with van der Waals surface area (Å²) in [6, 6.07) is 11.9. The molecule has 25 heavy (non-hydrogen) atoms. The molecule has 2 aromatic rings. The highest BCUT2D eigenvalue weighted by atomic mass is 79.9. The summed E-state index contributed by atoms with van der Waals surface area (Å²) >= 11 is 3.40. The summed E-state index contributed by atoms with van der Waals surface area (Å²) in [6.07, 6.45) is 0. The van der Waals surface area contributed by atoms with Crippen molar-refractivity contribution in [3.05, 3.63) is 52.5 Å². The fourth-order valence-corrected chi connectivity index (χ4v) is 5.00. The van der Waals surface area contributed by atoms with E-state index in [0.29, 0.717) is 11.4 Å². The molecule has 0 bridgehead atoms. The second kappa shape index (κ2) is 6.46. The standard InChI is InChI=1S/C18H19BrN2O3S/c1-12-4-7-16(8-5-12)25(23,24)20-11-13(2)21(14(3)22)17-9-6-15(19)10-18(17)20/h4-10,13H,11H2,1-3H3/t13-/m0/s1. The molecule has 1 aliphatic rings. The van der Waals surface area contributed by atoms with Gasteiger partial charge in [-0.25, -0.2) is 8.42 Å². The summed E-state index contributed by atoms with van der Waals surface area (Å²) in [6.45, 7) is 5.46. The van der Waals surface area contributed by atoms with E-state index in [4.69, 9.17) is 0 Å². The van der Waals surface area contributed by atoms with Crippen LogP contribution in [0.2, 0.25) is 0 Å². The minimum absolute atomic E-state index is 0.108. The first-order valence-electron chi connectivity index (χ1n) is 7.90. The number of sulfonamides is 1. The molecule has 7 heteroatoms. The lowest BCUT2D eigenvalue weighted by atomic mass is 10.1. The third-order valence-corrected chi connectivity index (χ3v) is 6.57. The number of anilines is 2. The summed E-state index contributed by atoms with van der Waals surface area (Å²) in [5, 5.41) is 0. The fourth-order valence-electron chi connectivity index (χ4n) is 3.10. The molecule has 0 radical (unpaired) electrons. The number of hydrogen-bond acceptors (Lipinski definition) is 3. The van der Waals surface area contributed by atoms with Crippen molar-refractivity contribution >= 4 is 43.2 Å². The number of amides is 1.